The predicted octanol–water partition coefficient (Wildman–Crippen LogP) is 3.81. The summed E-state index contributed by atoms with van der Waals surface area (Å²) in [4.78, 5) is 22.3. The fraction of sp³-hybridized carbons (Fsp3) is 0. The lowest BCUT2D eigenvalue weighted by atomic mass is 10.1. The number of non-ortho nitro benzene ring substituents is 1. The molecule has 0 saturated carbocycles. The number of nitro groups is 1. The van der Waals surface area contributed by atoms with Crippen molar-refractivity contribution >= 4 is 17.3 Å². The molecule has 7 heteroatoms. The van der Waals surface area contributed by atoms with E-state index in [4.69, 9.17) is 4.42 Å². The van der Waals surface area contributed by atoms with Gasteiger partial charge in [0, 0.05) is 23.4 Å². The van der Waals surface area contributed by atoms with Crippen LogP contribution >= 0.6 is 0 Å². The molecule has 0 unspecified atom stereocenters. The first-order valence-electron chi connectivity index (χ1n) is 6.98. The number of furan rings is 1. The maximum absolute atomic E-state index is 12.1. The number of hydrogen-bond acceptors (Lipinski definition) is 5. The largest absolute Gasteiger partial charge is 0.508 e. The van der Waals surface area contributed by atoms with Crippen LogP contribution in [0.1, 0.15) is 10.6 Å². The van der Waals surface area contributed by atoms with Crippen molar-refractivity contribution in [1.29, 1.82) is 0 Å². The van der Waals surface area contributed by atoms with E-state index in [0.29, 0.717) is 17.0 Å². The first-order chi connectivity index (χ1) is 11.5. The molecule has 0 radical (unpaired) electrons. The van der Waals surface area contributed by atoms with Crippen LogP contribution in [0.5, 0.6) is 5.75 Å². The number of carbonyl (C=O) groups excluding carboxylic acids is 1. The second-order valence-electron chi connectivity index (χ2n) is 4.97. The highest BCUT2D eigenvalue weighted by Gasteiger charge is 2.13. The molecule has 0 bridgehead atoms. The highest BCUT2D eigenvalue weighted by molar-refractivity contribution is 6.02. The molecule has 0 aliphatic carbocycles. The minimum atomic E-state index is -0.484. The number of hydrogen-bond donors (Lipinski definition) is 2. The van der Waals surface area contributed by atoms with Gasteiger partial charge in [-0.1, -0.05) is 0 Å². The molecular weight excluding hydrogens is 312 g/mol. The minimum absolute atomic E-state index is 0.0180. The number of phenols is 1. The molecule has 1 heterocycles. The fourth-order valence-electron chi connectivity index (χ4n) is 2.10. The van der Waals surface area contributed by atoms with Gasteiger partial charge in [-0.25, -0.2) is 0 Å². The van der Waals surface area contributed by atoms with Crippen molar-refractivity contribution in [2.75, 3.05) is 5.32 Å². The van der Waals surface area contributed by atoms with Gasteiger partial charge in [0.05, 0.1) is 4.92 Å². The Labute approximate surface area is 136 Å². The molecule has 0 spiro atoms. The van der Waals surface area contributed by atoms with E-state index in [-0.39, 0.29) is 17.2 Å². The molecule has 24 heavy (non-hydrogen) atoms. The van der Waals surface area contributed by atoms with Crippen LogP contribution in [-0.2, 0) is 0 Å². The summed E-state index contributed by atoms with van der Waals surface area (Å²) in [5.41, 5.74) is 1.13. The summed E-state index contributed by atoms with van der Waals surface area (Å²) in [6, 6.07) is 15.0. The standard InChI is InChI=1S/C17H12N2O5/c20-14-7-3-12(4-8-14)18-17(21)16-10-9-15(24-16)11-1-5-13(6-2-11)19(22)23/h1-10,20H,(H,18,21). The third-order valence-corrected chi connectivity index (χ3v) is 3.32. The molecule has 2 aromatic carbocycles. The van der Waals surface area contributed by atoms with Crippen LogP contribution in [0.2, 0.25) is 0 Å². The number of anilines is 1. The molecule has 3 rings (SSSR count). The number of nitrogens with zero attached hydrogens (tertiary/aromatic N) is 1. The monoisotopic (exact) mass is 324 g/mol. The Morgan fingerprint density at radius 3 is 2.29 bits per heavy atom. The summed E-state index contributed by atoms with van der Waals surface area (Å²) < 4.78 is 5.50. The zero-order chi connectivity index (χ0) is 17.1. The molecule has 3 aromatic rings. The van der Waals surface area contributed by atoms with Gasteiger partial charge < -0.3 is 14.8 Å². The number of amides is 1. The Balaban J connectivity index is 1.75. The van der Waals surface area contributed by atoms with Crippen LogP contribution in [0.25, 0.3) is 11.3 Å². The van der Waals surface area contributed by atoms with E-state index >= 15 is 0 Å². The number of phenolic OH excluding ortho intramolecular Hbond substituents is 1. The number of nitro benzene ring substituents is 1. The number of aromatic hydroxyl groups is 1. The van der Waals surface area contributed by atoms with Gasteiger partial charge in [0.2, 0.25) is 0 Å². The number of nitrogens with one attached hydrogen (secondary N) is 1. The molecule has 0 saturated heterocycles. The lowest BCUT2D eigenvalue weighted by Gasteiger charge is -2.03. The second-order valence-corrected chi connectivity index (χ2v) is 4.97. The smallest absolute Gasteiger partial charge is 0.291 e. The highest BCUT2D eigenvalue weighted by Crippen LogP contribution is 2.25. The Morgan fingerprint density at radius 1 is 1.00 bits per heavy atom. The number of rotatable bonds is 4. The van der Waals surface area contributed by atoms with Gasteiger partial charge in [-0.15, -0.1) is 0 Å². The summed E-state index contributed by atoms with van der Waals surface area (Å²) >= 11 is 0. The van der Waals surface area contributed by atoms with Gasteiger partial charge >= 0.3 is 0 Å². The van der Waals surface area contributed by atoms with Crippen LogP contribution in [0.15, 0.2) is 65.1 Å². The zero-order valence-electron chi connectivity index (χ0n) is 12.3. The summed E-state index contributed by atoms with van der Waals surface area (Å²) in [6.45, 7) is 0. The summed E-state index contributed by atoms with van der Waals surface area (Å²) in [6.07, 6.45) is 0. The topological polar surface area (TPSA) is 106 Å². The van der Waals surface area contributed by atoms with Gasteiger partial charge in [-0.2, -0.15) is 0 Å². The van der Waals surface area contributed by atoms with E-state index in [1.165, 1.54) is 30.3 Å². The molecule has 0 aliphatic rings. The van der Waals surface area contributed by atoms with Gasteiger partial charge in [0.25, 0.3) is 11.6 Å². The lowest BCUT2D eigenvalue weighted by molar-refractivity contribution is -0.384. The molecule has 2 N–H and O–H groups in total. The van der Waals surface area contributed by atoms with Crippen molar-refractivity contribution in [2.45, 2.75) is 0 Å². The third kappa shape index (κ3) is 3.25. The van der Waals surface area contributed by atoms with Crippen LogP contribution in [0.4, 0.5) is 11.4 Å². The SMILES string of the molecule is O=C(Nc1ccc(O)cc1)c1ccc(-c2ccc([N+](=O)[O-])cc2)o1. The van der Waals surface area contributed by atoms with Crippen LogP contribution in [0.3, 0.4) is 0 Å². The quantitative estimate of drug-likeness (QED) is 0.431. The van der Waals surface area contributed by atoms with Crippen LogP contribution in [-0.4, -0.2) is 15.9 Å². The molecule has 0 fully saturated rings. The Morgan fingerprint density at radius 2 is 1.67 bits per heavy atom. The van der Waals surface area contributed by atoms with Crippen molar-refractivity contribution in [3.63, 3.8) is 0 Å². The van der Waals surface area contributed by atoms with Gasteiger partial charge in [-0.05, 0) is 48.5 Å². The van der Waals surface area contributed by atoms with Crippen LogP contribution < -0.4 is 5.32 Å². The van der Waals surface area contributed by atoms with Gasteiger partial charge in [0.1, 0.15) is 11.5 Å². The molecule has 120 valence electrons. The fourth-order valence-corrected chi connectivity index (χ4v) is 2.10. The van der Waals surface area contributed by atoms with E-state index < -0.39 is 10.8 Å². The maximum Gasteiger partial charge on any atom is 0.291 e. The summed E-state index contributed by atoms with van der Waals surface area (Å²) in [5, 5.41) is 22.5. The molecule has 0 atom stereocenters. The van der Waals surface area contributed by atoms with E-state index in [1.54, 1.807) is 30.3 Å². The molecule has 7 nitrogen and oxygen atoms in total. The normalized spacial score (nSPS) is 10.3. The van der Waals surface area contributed by atoms with Gasteiger partial charge in [-0.3, -0.25) is 14.9 Å². The maximum atomic E-state index is 12.1. The Hall–Kier alpha value is -3.61. The highest BCUT2D eigenvalue weighted by atomic mass is 16.6. The molecular formula is C17H12N2O5. The second kappa shape index (κ2) is 6.25. The lowest BCUT2D eigenvalue weighted by Crippen LogP contribution is -2.10. The third-order valence-electron chi connectivity index (χ3n) is 3.32. The number of benzene rings is 2. The van der Waals surface area contributed by atoms with Crippen molar-refractivity contribution in [3.8, 4) is 17.1 Å². The van der Waals surface area contributed by atoms with Gasteiger partial charge in [0.15, 0.2) is 5.76 Å². The van der Waals surface area contributed by atoms with E-state index in [0.717, 1.165) is 0 Å². The van der Waals surface area contributed by atoms with E-state index in [9.17, 15) is 20.0 Å². The van der Waals surface area contributed by atoms with Crippen LogP contribution in [0, 0.1) is 10.1 Å². The average Bonchev–Trinajstić information content (AvgIpc) is 3.07. The average molecular weight is 324 g/mol. The molecule has 1 aromatic heterocycles. The summed E-state index contributed by atoms with van der Waals surface area (Å²) in [5.74, 6) is 0.206. The van der Waals surface area contributed by atoms with Crippen molar-refractivity contribution < 1.29 is 19.2 Å². The van der Waals surface area contributed by atoms with E-state index in [1.807, 2.05) is 0 Å². The first-order valence-corrected chi connectivity index (χ1v) is 6.98. The molecule has 0 aliphatic heterocycles. The van der Waals surface area contributed by atoms with E-state index in [2.05, 4.69) is 5.32 Å². The Kier molecular flexibility index (Phi) is 3.98. The predicted molar refractivity (Wildman–Crippen MR) is 86.9 cm³/mol. The van der Waals surface area contributed by atoms with Crippen molar-refractivity contribution in [2.24, 2.45) is 0 Å². The summed E-state index contributed by atoms with van der Waals surface area (Å²) in [7, 11) is 0. The van der Waals surface area contributed by atoms with Crippen molar-refractivity contribution in [1.82, 2.24) is 0 Å². The zero-order valence-corrected chi connectivity index (χ0v) is 12.3. The Bertz CT molecular complexity index is 882. The first kappa shape index (κ1) is 15.3. The minimum Gasteiger partial charge on any atom is -0.508 e. The number of carbonyl (C=O) groups is 1. The van der Waals surface area contributed by atoms with Crippen molar-refractivity contribution in [3.05, 3.63) is 76.5 Å². The molecule has 1 amide bonds.